The molecule has 0 aliphatic carbocycles. The van der Waals surface area contributed by atoms with Gasteiger partial charge in [-0.05, 0) is 26.3 Å². The van der Waals surface area contributed by atoms with E-state index in [0.29, 0.717) is 18.6 Å². The Bertz CT molecular complexity index is 266. The quantitative estimate of drug-likeness (QED) is 0.765. The largest absolute Gasteiger partial charge is 0.329 e. The maximum atomic E-state index is 5.56. The van der Waals surface area contributed by atoms with Crippen molar-refractivity contribution in [2.45, 2.75) is 32.9 Å². The number of hydrogen-bond acceptors (Lipinski definition) is 2. The lowest BCUT2D eigenvalue weighted by Crippen LogP contribution is -2.34. The van der Waals surface area contributed by atoms with Crippen molar-refractivity contribution in [1.82, 2.24) is 5.32 Å². The molecule has 3 N–H and O–H groups in total. The first-order chi connectivity index (χ1) is 6.63. The molecule has 0 aliphatic heterocycles. The minimum Gasteiger partial charge on any atom is -0.329 e. The summed E-state index contributed by atoms with van der Waals surface area (Å²) in [5, 5.41) is 3.44. The fourth-order valence-corrected chi connectivity index (χ4v) is 1.45. The smallest absolute Gasteiger partial charge is 0.0294 e. The van der Waals surface area contributed by atoms with Crippen molar-refractivity contribution in [3.05, 3.63) is 35.4 Å². The summed E-state index contributed by atoms with van der Waals surface area (Å²) in [7, 11) is 0. The van der Waals surface area contributed by atoms with E-state index in [9.17, 15) is 0 Å². The van der Waals surface area contributed by atoms with Crippen LogP contribution in [0.3, 0.4) is 0 Å². The molecule has 0 heterocycles. The van der Waals surface area contributed by atoms with Crippen LogP contribution in [0.25, 0.3) is 0 Å². The standard InChI is InChI=1S/C12H20N2/c1-9-4-6-12(7-5-9)11(3)14-10(2)8-13/h4-7,10-11,14H,8,13H2,1-3H3/t10?,11-/m0/s1. The van der Waals surface area contributed by atoms with Crippen molar-refractivity contribution in [3.63, 3.8) is 0 Å². The van der Waals surface area contributed by atoms with Crippen LogP contribution in [0, 0.1) is 6.92 Å². The molecule has 1 aromatic carbocycles. The van der Waals surface area contributed by atoms with Crippen molar-refractivity contribution in [2.75, 3.05) is 6.54 Å². The molecule has 0 saturated heterocycles. The van der Waals surface area contributed by atoms with Crippen LogP contribution in [0.2, 0.25) is 0 Å². The summed E-state index contributed by atoms with van der Waals surface area (Å²) in [6, 6.07) is 9.34. The van der Waals surface area contributed by atoms with Gasteiger partial charge in [-0.1, -0.05) is 29.8 Å². The zero-order chi connectivity index (χ0) is 10.6. The monoisotopic (exact) mass is 192 g/mol. The van der Waals surface area contributed by atoms with Gasteiger partial charge < -0.3 is 11.1 Å². The van der Waals surface area contributed by atoms with Crippen molar-refractivity contribution >= 4 is 0 Å². The number of rotatable bonds is 4. The van der Waals surface area contributed by atoms with Crippen LogP contribution in [0.4, 0.5) is 0 Å². The molecule has 1 unspecified atom stereocenters. The van der Waals surface area contributed by atoms with Gasteiger partial charge >= 0.3 is 0 Å². The first-order valence-corrected chi connectivity index (χ1v) is 5.16. The molecule has 0 aromatic heterocycles. The predicted molar refractivity (Wildman–Crippen MR) is 61.2 cm³/mol. The molecule has 1 aromatic rings. The Kier molecular flexibility index (Phi) is 4.11. The van der Waals surface area contributed by atoms with Gasteiger partial charge in [0.2, 0.25) is 0 Å². The normalized spacial score (nSPS) is 15.1. The molecule has 0 spiro atoms. The van der Waals surface area contributed by atoms with E-state index in [0.717, 1.165) is 0 Å². The molecule has 1 rings (SSSR count). The van der Waals surface area contributed by atoms with Crippen LogP contribution in [0.1, 0.15) is 31.0 Å². The van der Waals surface area contributed by atoms with E-state index in [-0.39, 0.29) is 0 Å². The first-order valence-electron chi connectivity index (χ1n) is 5.16. The van der Waals surface area contributed by atoms with Crippen LogP contribution in [0.15, 0.2) is 24.3 Å². The summed E-state index contributed by atoms with van der Waals surface area (Å²) < 4.78 is 0. The van der Waals surface area contributed by atoms with E-state index in [1.807, 2.05) is 0 Å². The zero-order valence-corrected chi connectivity index (χ0v) is 9.25. The van der Waals surface area contributed by atoms with E-state index in [2.05, 4.69) is 50.4 Å². The summed E-state index contributed by atoms with van der Waals surface area (Å²) in [6.07, 6.45) is 0. The van der Waals surface area contributed by atoms with Gasteiger partial charge in [0.25, 0.3) is 0 Å². The number of hydrogen-bond donors (Lipinski definition) is 2. The molecule has 0 radical (unpaired) electrons. The topological polar surface area (TPSA) is 38.0 Å². The Morgan fingerprint density at radius 1 is 1.21 bits per heavy atom. The molecule has 0 fully saturated rings. The molecular formula is C12H20N2. The van der Waals surface area contributed by atoms with Gasteiger partial charge in [-0.3, -0.25) is 0 Å². The zero-order valence-electron chi connectivity index (χ0n) is 9.25. The lowest BCUT2D eigenvalue weighted by molar-refractivity contribution is 0.485. The molecule has 2 heteroatoms. The van der Waals surface area contributed by atoms with Gasteiger partial charge in [0.05, 0.1) is 0 Å². The van der Waals surface area contributed by atoms with Crippen molar-refractivity contribution < 1.29 is 0 Å². The van der Waals surface area contributed by atoms with Crippen LogP contribution in [0.5, 0.6) is 0 Å². The minimum absolute atomic E-state index is 0.367. The van der Waals surface area contributed by atoms with Gasteiger partial charge in [-0.25, -0.2) is 0 Å². The third-order valence-corrected chi connectivity index (χ3v) is 2.47. The Morgan fingerprint density at radius 3 is 2.29 bits per heavy atom. The second kappa shape index (κ2) is 5.13. The highest BCUT2D eigenvalue weighted by Gasteiger charge is 2.07. The summed E-state index contributed by atoms with van der Waals surface area (Å²) in [4.78, 5) is 0. The van der Waals surface area contributed by atoms with E-state index in [1.165, 1.54) is 11.1 Å². The lowest BCUT2D eigenvalue weighted by atomic mass is 10.1. The van der Waals surface area contributed by atoms with Gasteiger partial charge in [0.1, 0.15) is 0 Å². The molecule has 78 valence electrons. The summed E-state index contributed by atoms with van der Waals surface area (Å²) in [5.41, 5.74) is 8.17. The number of nitrogens with one attached hydrogen (secondary N) is 1. The molecule has 14 heavy (non-hydrogen) atoms. The predicted octanol–water partition coefficient (Wildman–Crippen LogP) is 1.99. The molecule has 2 nitrogen and oxygen atoms in total. The molecule has 0 amide bonds. The highest BCUT2D eigenvalue weighted by Crippen LogP contribution is 2.13. The van der Waals surface area contributed by atoms with Gasteiger partial charge in [0.15, 0.2) is 0 Å². The minimum atomic E-state index is 0.367. The van der Waals surface area contributed by atoms with Crippen molar-refractivity contribution in [3.8, 4) is 0 Å². The maximum absolute atomic E-state index is 5.56. The fourth-order valence-electron chi connectivity index (χ4n) is 1.45. The number of benzene rings is 1. The number of aryl methyl sites for hydroxylation is 1. The summed E-state index contributed by atoms with van der Waals surface area (Å²) >= 11 is 0. The fraction of sp³-hybridized carbons (Fsp3) is 0.500. The SMILES string of the molecule is Cc1ccc([C@H](C)NC(C)CN)cc1. The molecule has 0 aliphatic rings. The van der Waals surface area contributed by atoms with Crippen molar-refractivity contribution in [2.24, 2.45) is 5.73 Å². The molecule has 2 atom stereocenters. The van der Waals surface area contributed by atoms with E-state index >= 15 is 0 Å². The lowest BCUT2D eigenvalue weighted by Gasteiger charge is -2.19. The second-order valence-electron chi connectivity index (χ2n) is 3.94. The average Bonchev–Trinajstić information content (AvgIpc) is 2.18. The molecule has 0 bridgehead atoms. The Morgan fingerprint density at radius 2 is 1.79 bits per heavy atom. The highest BCUT2D eigenvalue weighted by molar-refractivity contribution is 5.23. The molecule has 0 saturated carbocycles. The average molecular weight is 192 g/mol. The van der Waals surface area contributed by atoms with E-state index in [4.69, 9.17) is 5.73 Å². The Balaban J connectivity index is 2.60. The maximum Gasteiger partial charge on any atom is 0.0294 e. The van der Waals surface area contributed by atoms with Crippen LogP contribution in [-0.4, -0.2) is 12.6 Å². The molecular weight excluding hydrogens is 172 g/mol. The first kappa shape index (κ1) is 11.2. The summed E-state index contributed by atoms with van der Waals surface area (Å²) in [5.74, 6) is 0. The summed E-state index contributed by atoms with van der Waals surface area (Å²) in [6.45, 7) is 7.04. The van der Waals surface area contributed by atoms with Gasteiger partial charge in [-0.15, -0.1) is 0 Å². The van der Waals surface area contributed by atoms with Crippen LogP contribution >= 0.6 is 0 Å². The van der Waals surface area contributed by atoms with Crippen LogP contribution < -0.4 is 11.1 Å². The highest BCUT2D eigenvalue weighted by atomic mass is 15.0. The third kappa shape index (κ3) is 3.13. The third-order valence-electron chi connectivity index (χ3n) is 2.47. The van der Waals surface area contributed by atoms with E-state index in [1.54, 1.807) is 0 Å². The van der Waals surface area contributed by atoms with Crippen molar-refractivity contribution in [1.29, 1.82) is 0 Å². The Hall–Kier alpha value is -0.860. The van der Waals surface area contributed by atoms with Crippen LogP contribution in [-0.2, 0) is 0 Å². The van der Waals surface area contributed by atoms with Gasteiger partial charge in [-0.2, -0.15) is 0 Å². The number of nitrogens with two attached hydrogens (primary N) is 1. The Labute approximate surface area is 86.5 Å². The second-order valence-corrected chi connectivity index (χ2v) is 3.94. The van der Waals surface area contributed by atoms with Gasteiger partial charge in [0, 0.05) is 18.6 Å². The van der Waals surface area contributed by atoms with E-state index < -0.39 is 0 Å².